The number of hydrogen-bond donors (Lipinski definition) is 1. The summed E-state index contributed by atoms with van der Waals surface area (Å²) in [5.41, 5.74) is 3.16. The van der Waals surface area contributed by atoms with Gasteiger partial charge in [-0.1, -0.05) is 12.1 Å². The van der Waals surface area contributed by atoms with E-state index in [4.69, 9.17) is 13.9 Å². The zero-order chi connectivity index (χ0) is 22.8. The van der Waals surface area contributed by atoms with Gasteiger partial charge in [0.1, 0.15) is 28.9 Å². The fourth-order valence-corrected chi connectivity index (χ4v) is 4.44. The van der Waals surface area contributed by atoms with Gasteiger partial charge in [-0.15, -0.1) is 0 Å². The normalized spacial score (nSPS) is 16.2. The van der Waals surface area contributed by atoms with Gasteiger partial charge in [-0.2, -0.15) is 0 Å². The molecule has 33 heavy (non-hydrogen) atoms. The highest BCUT2D eigenvalue weighted by Crippen LogP contribution is 2.34. The van der Waals surface area contributed by atoms with Gasteiger partial charge in [0.25, 0.3) is 0 Å². The summed E-state index contributed by atoms with van der Waals surface area (Å²) in [7, 11) is 3.22. The Bertz CT molecular complexity index is 1300. The summed E-state index contributed by atoms with van der Waals surface area (Å²) >= 11 is 0. The number of hydrogen-bond acceptors (Lipinski definition) is 7. The highest BCUT2D eigenvalue weighted by atomic mass is 16.5. The van der Waals surface area contributed by atoms with Crippen LogP contribution in [-0.4, -0.2) is 43.2 Å². The lowest BCUT2D eigenvalue weighted by molar-refractivity contribution is -0.125. The number of rotatable bonds is 6. The molecule has 0 saturated carbocycles. The van der Waals surface area contributed by atoms with Crippen molar-refractivity contribution >= 4 is 33.8 Å². The molecule has 1 unspecified atom stereocenters. The first-order valence-corrected chi connectivity index (χ1v) is 11.0. The van der Waals surface area contributed by atoms with Crippen molar-refractivity contribution in [3.63, 3.8) is 0 Å². The van der Waals surface area contributed by atoms with Crippen LogP contribution in [0.4, 0.5) is 5.82 Å². The third kappa shape index (κ3) is 4.04. The Morgan fingerprint density at radius 2 is 2.06 bits per heavy atom. The van der Waals surface area contributed by atoms with E-state index in [1.807, 2.05) is 42.5 Å². The van der Waals surface area contributed by atoms with Gasteiger partial charge in [-0.3, -0.25) is 4.79 Å². The number of methoxy groups -OCH3 is 2. The Kier molecular flexibility index (Phi) is 5.73. The second-order valence-corrected chi connectivity index (χ2v) is 8.15. The van der Waals surface area contributed by atoms with E-state index in [2.05, 4.69) is 20.2 Å². The minimum absolute atomic E-state index is 0.0208. The van der Waals surface area contributed by atoms with Gasteiger partial charge in [0.2, 0.25) is 5.91 Å². The van der Waals surface area contributed by atoms with Gasteiger partial charge in [0, 0.05) is 36.7 Å². The summed E-state index contributed by atoms with van der Waals surface area (Å²) in [5, 5.41) is 4.04. The number of para-hydroxylation sites is 1. The van der Waals surface area contributed by atoms with E-state index in [0.717, 1.165) is 47.3 Å². The van der Waals surface area contributed by atoms with E-state index in [1.165, 1.54) is 0 Å². The van der Waals surface area contributed by atoms with E-state index in [9.17, 15) is 4.79 Å². The maximum atomic E-state index is 13.0. The van der Waals surface area contributed by atoms with E-state index < -0.39 is 0 Å². The van der Waals surface area contributed by atoms with E-state index >= 15 is 0 Å². The molecule has 2 aromatic carbocycles. The van der Waals surface area contributed by atoms with Crippen molar-refractivity contribution in [1.29, 1.82) is 0 Å². The summed E-state index contributed by atoms with van der Waals surface area (Å²) in [5.74, 6) is 2.02. The van der Waals surface area contributed by atoms with Gasteiger partial charge in [0.15, 0.2) is 11.4 Å². The first-order valence-electron chi connectivity index (χ1n) is 11.0. The molecule has 0 radical (unpaired) electrons. The third-order valence-corrected chi connectivity index (χ3v) is 6.18. The minimum atomic E-state index is -0.141. The van der Waals surface area contributed by atoms with Crippen LogP contribution in [-0.2, 0) is 11.3 Å². The smallest absolute Gasteiger partial charge is 0.225 e. The van der Waals surface area contributed by atoms with Gasteiger partial charge in [-0.05, 0) is 37.1 Å². The molecule has 1 aliphatic rings. The van der Waals surface area contributed by atoms with Crippen LogP contribution < -0.4 is 19.7 Å². The van der Waals surface area contributed by atoms with Crippen molar-refractivity contribution < 1.29 is 18.7 Å². The lowest BCUT2D eigenvalue weighted by Gasteiger charge is -2.32. The first kappa shape index (κ1) is 21.1. The Morgan fingerprint density at radius 3 is 2.91 bits per heavy atom. The second kappa shape index (κ2) is 8.97. The van der Waals surface area contributed by atoms with Crippen LogP contribution in [0.15, 0.2) is 53.2 Å². The van der Waals surface area contributed by atoms with E-state index in [-0.39, 0.29) is 11.8 Å². The molecule has 3 heterocycles. The SMILES string of the molecule is COc1ccc(CNC(=O)C2CCCN(c3ncnc4c3oc3ccccc34)C2)c(OC)c1. The zero-order valence-corrected chi connectivity index (χ0v) is 18.7. The maximum Gasteiger partial charge on any atom is 0.225 e. The predicted molar refractivity (Wildman–Crippen MR) is 126 cm³/mol. The van der Waals surface area contributed by atoms with Crippen molar-refractivity contribution in [3.8, 4) is 11.5 Å². The lowest BCUT2D eigenvalue weighted by atomic mass is 9.97. The van der Waals surface area contributed by atoms with Crippen molar-refractivity contribution in [2.45, 2.75) is 19.4 Å². The Morgan fingerprint density at radius 1 is 1.18 bits per heavy atom. The van der Waals surface area contributed by atoms with Gasteiger partial charge in [0.05, 0.1) is 20.1 Å². The minimum Gasteiger partial charge on any atom is -0.497 e. The van der Waals surface area contributed by atoms with E-state index in [0.29, 0.717) is 30.2 Å². The number of amides is 1. The Balaban J connectivity index is 1.32. The standard InChI is InChI=1S/C25H26N4O4/c1-31-18-10-9-16(21(12-18)32-2)13-26-25(30)17-6-5-11-29(14-17)24-23-22(27-15-28-24)19-7-3-4-8-20(19)33-23/h3-4,7-10,12,15,17H,5-6,11,13-14H2,1-2H3,(H,26,30). The Hall–Kier alpha value is -3.81. The van der Waals surface area contributed by atoms with Crippen molar-refractivity contribution in [1.82, 2.24) is 15.3 Å². The molecule has 1 aliphatic heterocycles. The molecule has 0 aliphatic carbocycles. The number of fused-ring (bicyclic) bond motifs is 3. The summed E-state index contributed by atoms with van der Waals surface area (Å²) in [6.07, 6.45) is 3.30. The number of piperidine rings is 1. The summed E-state index contributed by atoms with van der Waals surface area (Å²) in [4.78, 5) is 24.1. The number of furan rings is 1. The lowest BCUT2D eigenvalue weighted by Crippen LogP contribution is -2.43. The predicted octanol–water partition coefficient (Wildman–Crippen LogP) is 3.93. The number of ether oxygens (including phenoxy) is 2. The molecule has 1 fully saturated rings. The van der Waals surface area contributed by atoms with Crippen LogP contribution >= 0.6 is 0 Å². The number of carbonyl (C=O) groups is 1. The molecule has 1 atom stereocenters. The average Bonchev–Trinajstić information content (AvgIpc) is 3.26. The highest BCUT2D eigenvalue weighted by molar-refractivity contribution is 6.05. The number of nitrogens with one attached hydrogen (secondary N) is 1. The van der Waals surface area contributed by atoms with Crippen LogP contribution in [0.1, 0.15) is 18.4 Å². The van der Waals surface area contributed by atoms with Gasteiger partial charge < -0.3 is 24.1 Å². The topological polar surface area (TPSA) is 89.7 Å². The molecule has 8 nitrogen and oxygen atoms in total. The van der Waals surface area contributed by atoms with Crippen LogP contribution in [0.5, 0.6) is 11.5 Å². The molecule has 0 bridgehead atoms. The maximum absolute atomic E-state index is 13.0. The Labute approximate surface area is 191 Å². The van der Waals surface area contributed by atoms with Gasteiger partial charge >= 0.3 is 0 Å². The fraction of sp³-hybridized carbons (Fsp3) is 0.320. The van der Waals surface area contributed by atoms with Crippen LogP contribution in [0.3, 0.4) is 0 Å². The largest absolute Gasteiger partial charge is 0.497 e. The third-order valence-electron chi connectivity index (χ3n) is 6.18. The number of aromatic nitrogens is 2. The van der Waals surface area contributed by atoms with Crippen LogP contribution in [0.2, 0.25) is 0 Å². The molecule has 170 valence electrons. The molecule has 8 heteroatoms. The quantitative estimate of drug-likeness (QED) is 0.480. The molecular weight excluding hydrogens is 420 g/mol. The van der Waals surface area contributed by atoms with Crippen molar-refractivity contribution in [3.05, 3.63) is 54.4 Å². The summed E-state index contributed by atoms with van der Waals surface area (Å²) < 4.78 is 16.8. The monoisotopic (exact) mass is 446 g/mol. The molecule has 1 saturated heterocycles. The number of anilines is 1. The molecule has 0 spiro atoms. The molecule has 2 aromatic heterocycles. The van der Waals surface area contributed by atoms with E-state index in [1.54, 1.807) is 20.5 Å². The molecule has 4 aromatic rings. The average molecular weight is 447 g/mol. The number of benzene rings is 2. The fourth-order valence-electron chi connectivity index (χ4n) is 4.44. The summed E-state index contributed by atoms with van der Waals surface area (Å²) in [6.45, 7) is 1.79. The molecule has 1 N–H and O–H groups in total. The van der Waals surface area contributed by atoms with Gasteiger partial charge in [-0.25, -0.2) is 9.97 Å². The highest BCUT2D eigenvalue weighted by Gasteiger charge is 2.28. The summed E-state index contributed by atoms with van der Waals surface area (Å²) in [6, 6.07) is 13.4. The first-order chi connectivity index (χ1) is 16.2. The molecular formula is C25H26N4O4. The molecule has 1 amide bonds. The van der Waals surface area contributed by atoms with Crippen molar-refractivity contribution in [2.24, 2.45) is 5.92 Å². The zero-order valence-electron chi connectivity index (χ0n) is 18.7. The van der Waals surface area contributed by atoms with Crippen LogP contribution in [0.25, 0.3) is 22.1 Å². The number of nitrogens with zero attached hydrogens (tertiary/aromatic N) is 3. The second-order valence-electron chi connectivity index (χ2n) is 8.15. The molecule has 5 rings (SSSR count). The van der Waals surface area contributed by atoms with Crippen molar-refractivity contribution in [2.75, 3.05) is 32.2 Å². The van der Waals surface area contributed by atoms with Crippen LogP contribution in [0, 0.1) is 5.92 Å². The number of carbonyl (C=O) groups excluding carboxylic acids is 1.